The van der Waals surface area contributed by atoms with Gasteiger partial charge < -0.3 is 4.72 Å². The van der Waals surface area contributed by atoms with Crippen molar-refractivity contribution in [1.29, 1.82) is 0 Å². The third kappa shape index (κ3) is 3.45. The summed E-state index contributed by atoms with van der Waals surface area (Å²) in [4.78, 5) is 25.5. The summed E-state index contributed by atoms with van der Waals surface area (Å²) < 4.78 is 14.8. The molecule has 4 rings (SSSR count). The molecule has 0 aliphatic rings. The van der Waals surface area contributed by atoms with Crippen molar-refractivity contribution >= 4 is 28.3 Å². The summed E-state index contributed by atoms with van der Waals surface area (Å²) in [6.45, 7) is 0. The van der Waals surface area contributed by atoms with Crippen molar-refractivity contribution in [2.75, 3.05) is 4.72 Å². The van der Waals surface area contributed by atoms with Crippen LogP contribution in [0.3, 0.4) is 0 Å². The Hall–Kier alpha value is -3.45. The quantitative estimate of drug-likeness (QED) is 0.478. The van der Waals surface area contributed by atoms with E-state index >= 15 is 0 Å². The van der Waals surface area contributed by atoms with E-state index in [2.05, 4.69) is 15.8 Å². The lowest BCUT2D eigenvalue weighted by Crippen LogP contribution is -2.27. The van der Waals surface area contributed by atoms with E-state index in [9.17, 15) is 13.8 Å². The fourth-order valence-electron chi connectivity index (χ4n) is 3.00. The predicted octanol–water partition coefficient (Wildman–Crippen LogP) is 2.62. The first-order valence-electron chi connectivity index (χ1n) is 8.19. The molecule has 0 spiro atoms. The van der Waals surface area contributed by atoms with Crippen LogP contribution in [0.4, 0.5) is 5.69 Å². The zero-order valence-electron chi connectivity index (χ0n) is 14.0. The Bertz CT molecular complexity index is 1280. The average molecular weight is 377 g/mol. The highest BCUT2D eigenvalue weighted by atomic mass is 32.2. The first kappa shape index (κ1) is 17.0. The summed E-state index contributed by atoms with van der Waals surface area (Å²) in [5, 5.41) is 2.08. The van der Waals surface area contributed by atoms with Gasteiger partial charge in [0.2, 0.25) is 0 Å². The molecule has 6 nitrogen and oxygen atoms in total. The van der Waals surface area contributed by atoms with Crippen molar-refractivity contribution in [3.63, 3.8) is 0 Å². The number of hydrogen-bond acceptors (Lipinski definition) is 3. The fourth-order valence-corrected chi connectivity index (χ4v) is 3.25. The van der Waals surface area contributed by atoms with Gasteiger partial charge >= 0.3 is 5.69 Å². The number of hydrogen-bond donors (Lipinski definition) is 3. The normalized spacial score (nSPS) is 10.8. The van der Waals surface area contributed by atoms with Crippen LogP contribution in [0.2, 0.25) is 0 Å². The van der Waals surface area contributed by atoms with E-state index in [0.717, 1.165) is 27.6 Å². The lowest BCUT2D eigenvalue weighted by atomic mass is 10.0. The van der Waals surface area contributed by atoms with Gasteiger partial charge in [0.15, 0.2) is 0 Å². The SMILES string of the molecule is O=[SH]Nc1ccc2cc(-c3cccc(-n4ccc(=O)[nH]c4=O)c3)ccc2c1. The first-order valence-corrected chi connectivity index (χ1v) is 9.00. The van der Waals surface area contributed by atoms with Gasteiger partial charge in [-0.05, 0) is 52.2 Å². The van der Waals surface area contributed by atoms with E-state index in [0.29, 0.717) is 5.69 Å². The van der Waals surface area contributed by atoms with E-state index in [4.69, 9.17) is 0 Å². The molecule has 27 heavy (non-hydrogen) atoms. The molecule has 0 unspecified atom stereocenters. The lowest BCUT2D eigenvalue weighted by Gasteiger charge is -2.09. The smallest absolute Gasteiger partial charge is 0.308 e. The average Bonchev–Trinajstić information content (AvgIpc) is 2.68. The monoisotopic (exact) mass is 377 g/mol. The number of rotatable bonds is 4. The molecule has 0 bridgehead atoms. The third-order valence-electron chi connectivity index (χ3n) is 4.30. The summed E-state index contributed by atoms with van der Waals surface area (Å²) in [6, 6.07) is 20.7. The largest absolute Gasteiger partial charge is 0.332 e. The summed E-state index contributed by atoms with van der Waals surface area (Å²) in [6.07, 6.45) is 1.46. The summed E-state index contributed by atoms with van der Waals surface area (Å²) in [7, 11) is 0. The van der Waals surface area contributed by atoms with E-state index in [1.165, 1.54) is 16.8 Å². The Labute approximate surface area is 157 Å². The first-order chi connectivity index (χ1) is 13.1. The van der Waals surface area contributed by atoms with Crippen molar-refractivity contribution in [2.45, 2.75) is 0 Å². The van der Waals surface area contributed by atoms with E-state index < -0.39 is 11.2 Å². The number of fused-ring (bicyclic) bond motifs is 1. The second-order valence-corrected chi connectivity index (χ2v) is 6.42. The van der Waals surface area contributed by atoms with E-state index in [1.807, 2.05) is 54.6 Å². The number of aromatic amines is 1. The summed E-state index contributed by atoms with van der Waals surface area (Å²) >= 11 is -0.135. The minimum Gasteiger partial charge on any atom is -0.308 e. The topological polar surface area (TPSA) is 84.0 Å². The molecule has 0 saturated heterocycles. The minimum absolute atomic E-state index is 0.135. The second kappa shape index (κ2) is 7.05. The number of H-pyrrole nitrogens is 1. The van der Waals surface area contributed by atoms with Crippen molar-refractivity contribution in [1.82, 2.24) is 9.55 Å². The van der Waals surface area contributed by atoms with Crippen LogP contribution in [0.1, 0.15) is 0 Å². The molecule has 7 heteroatoms. The molecule has 1 heterocycles. The zero-order valence-corrected chi connectivity index (χ0v) is 14.9. The van der Waals surface area contributed by atoms with Gasteiger partial charge in [-0.25, -0.2) is 9.00 Å². The Balaban J connectivity index is 1.77. The van der Waals surface area contributed by atoms with Crippen LogP contribution in [-0.2, 0) is 11.9 Å². The van der Waals surface area contributed by atoms with Gasteiger partial charge in [-0.15, -0.1) is 0 Å². The van der Waals surface area contributed by atoms with Gasteiger partial charge in [0.05, 0.1) is 5.69 Å². The van der Waals surface area contributed by atoms with Gasteiger partial charge in [-0.3, -0.25) is 14.3 Å². The maximum atomic E-state index is 12.0. The van der Waals surface area contributed by atoms with Crippen LogP contribution < -0.4 is 16.0 Å². The number of benzene rings is 3. The van der Waals surface area contributed by atoms with Gasteiger partial charge in [0.25, 0.3) is 5.56 Å². The van der Waals surface area contributed by atoms with Gasteiger partial charge in [0, 0.05) is 18.0 Å². The number of thiol groups is 1. The molecule has 0 radical (unpaired) electrons. The second-order valence-electron chi connectivity index (χ2n) is 6.01. The van der Waals surface area contributed by atoms with Gasteiger partial charge in [-0.1, -0.05) is 30.3 Å². The molecule has 0 aliphatic heterocycles. The molecule has 0 atom stereocenters. The van der Waals surface area contributed by atoms with Crippen LogP contribution >= 0.6 is 0 Å². The molecular formula is C20H15N3O3S. The van der Waals surface area contributed by atoms with Crippen molar-refractivity contribution < 1.29 is 4.21 Å². The third-order valence-corrected chi connectivity index (χ3v) is 4.65. The fraction of sp³-hybridized carbons (Fsp3) is 0. The van der Waals surface area contributed by atoms with Crippen LogP contribution in [0, 0.1) is 0 Å². The molecule has 0 amide bonds. The van der Waals surface area contributed by atoms with Crippen molar-refractivity contribution in [2.24, 2.45) is 0 Å². The number of aromatic nitrogens is 2. The predicted molar refractivity (Wildman–Crippen MR) is 109 cm³/mol. The van der Waals surface area contributed by atoms with Gasteiger partial charge in [0.1, 0.15) is 11.9 Å². The highest BCUT2D eigenvalue weighted by molar-refractivity contribution is 7.67. The Morgan fingerprint density at radius 3 is 2.44 bits per heavy atom. The summed E-state index contributed by atoms with van der Waals surface area (Å²) in [5.41, 5.74) is 2.51. The maximum absolute atomic E-state index is 12.0. The highest BCUT2D eigenvalue weighted by Crippen LogP contribution is 2.27. The molecule has 4 aromatic rings. The Morgan fingerprint density at radius 1 is 0.852 bits per heavy atom. The van der Waals surface area contributed by atoms with Crippen LogP contribution in [0.5, 0.6) is 0 Å². The molecule has 1 aromatic heterocycles. The molecule has 3 aromatic carbocycles. The van der Waals surface area contributed by atoms with Crippen molar-refractivity contribution in [3.8, 4) is 16.8 Å². The standard InChI is InChI=1S/C20H15N3O3S/c24-19-8-9-23(20(25)21-19)18-3-1-2-13(12-18)14-4-5-16-11-17(22-27-26)7-6-15(16)10-14/h1-12,27H,(H,22,26)(H,21,24,25). The molecule has 0 saturated carbocycles. The number of nitrogens with one attached hydrogen (secondary N) is 2. The van der Waals surface area contributed by atoms with Crippen LogP contribution in [0.15, 0.2) is 82.5 Å². The molecule has 0 aliphatic carbocycles. The Morgan fingerprint density at radius 2 is 1.63 bits per heavy atom. The molecular weight excluding hydrogens is 362 g/mol. The molecule has 2 N–H and O–H groups in total. The van der Waals surface area contributed by atoms with E-state index in [-0.39, 0.29) is 11.9 Å². The zero-order chi connectivity index (χ0) is 18.8. The maximum Gasteiger partial charge on any atom is 0.332 e. The lowest BCUT2D eigenvalue weighted by molar-refractivity contribution is 0.696. The van der Waals surface area contributed by atoms with Gasteiger partial charge in [-0.2, -0.15) is 0 Å². The minimum atomic E-state index is -0.476. The highest BCUT2D eigenvalue weighted by Gasteiger charge is 2.05. The number of anilines is 1. The number of nitrogens with zero attached hydrogens (tertiary/aromatic N) is 1. The Kier molecular flexibility index (Phi) is 4.43. The molecule has 0 fully saturated rings. The van der Waals surface area contributed by atoms with Crippen LogP contribution in [0.25, 0.3) is 27.6 Å². The van der Waals surface area contributed by atoms with Crippen molar-refractivity contribution in [3.05, 3.63) is 93.8 Å². The van der Waals surface area contributed by atoms with E-state index in [1.54, 1.807) is 0 Å². The van der Waals surface area contributed by atoms with Crippen LogP contribution in [-0.4, -0.2) is 13.8 Å². The summed E-state index contributed by atoms with van der Waals surface area (Å²) in [5.74, 6) is 0. The molecule has 134 valence electrons.